The molecule has 4 heterocycles. The molecule has 1 aliphatic carbocycles. The maximum absolute atomic E-state index is 13.6. The van der Waals surface area contributed by atoms with Crippen LogP contribution in [0.15, 0.2) is 51.1 Å². The van der Waals surface area contributed by atoms with E-state index >= 15 is 0 Å². The Hall–Kier alpha value is -4.20. The molecule has 3 aliphatic rings. The van der Waals surface area contributed by atoms with Crippen molar-refractivity contribution in [3.63, 3.8) is 0 Å². The van der Waals surface area contributed by atoms with E-state index < -0.39 is 13.1 Å². The Morgan fingerprint density at radius 3 is 2.49 bits per heavy atom. The molecular weight excluding hydrogens is 765 g/mol. The smallest absolute Gasteiger partial charge is 0.251 e. The molecule has 12 nitrogen and oxygen atoms in total. The van der Waals surface area contributed by atoms with Gasteiger partial charge in [-0.05, 0) is 73.9 Å². The molecule has 0 spiro atoms. The Morgan fingerprint density at radius 2 is 1.83 bits per heavy atom. The summed E-state index contributed by atoms with van der Waals surface area (Å²) in [6.45, 7) is 11.3. The van der Waals surface area contributed by atoms with Gasteiger partial charge in [0.2, 0.25) is 5.95 Å². The normalized spacial score (nSPS) is 17.9. The molecule has 0 bridgehead atoms. The number of nitrogens with zero attached hydrogens (tertiary/aromatic N) is 8. The number of hydrogen-bond acceptors (Lipinski definition) is 11. The number of rotatable bonds is 10. The van der Waals surface area contributed by atoms with Gasteiger partial charge in [0.15, 0.2) is 0 Å². The number of ether oxygens (including phenoxy) is 1. The molecule has 2 aromatic heterocycles. The quantitative estimate of drug-likeness (QED) is 0.121. The molecular formula is C37H44BrF2N10O2P. The van der Waals surface area contributed by atoms with Crippen LogP contribution in [0.4, 0.5) is 49.0 Å². The zero-order chi connectivity index (χ0) is 37.7. The van der Waals surface area contributed by atoms with Crippen molar-refractivity contribution in [1.29, 1.82) is 0 Å². The molecule has 2 aliphatic heterocycles. The zero-order valence-corrected chi connectivity index (χ0v) is 33.0. The molecule has 7 rings (SSSR count). The molecule has 1 saturated carbocycles. The average Bonchev–Trinajstić information content (AvgIpc) is 3.40. The topological polar surface area (TPSA) is 125 Å². The molecule has 2 fully saturated rings. The maximum atomic E-state index is 13.6. The van der Waals surface area contributed by atoms with E-state index in [0.29, 0.717) is 50.0 Å². The second kappa shape index (κ2) is 14.6. The Kier molecular flexibility index (Phi) is 10.2. The van der Waals surface area contributed by atoms with Crippen LogP contribution in [0.1, 0.15) is 38.3 Å². The second-order valence-electron chi connectivity index (χ2n) is 14.2. The van der Waals surface area contributed by atoms with Crippen LogP contribution in [0.25, 0.3) is 11.1 Å². The van der Waals surface area contributed by atoms with Crippen LogP contribution in [0, 0.1) is 0 Å². The van der Waals surface area contributed by atoms with Gasteiger partial charge in [0.25, 0.3) is 5.92 Å². The van der Waals surface area contributed by atoms with Crippen molar-refractivity contribution in [2.24, 2.45) is 17.0 Å². The van der Waals surface area contributed by atoms with E-state index in [9.17, 15) is 13.3 Å². The molecule has 2 aromatic carbocycles. The van der Waals surface area contributed by atoms with Crippen LogP contribution < -0.4 is 25.6 Å². The molecule has 0 amide bonds. The monoisotopic (exact) mass is 808 g/mol. The first-order valence-corrected chi connectivity index (χ1v) is 21.1. The van der Waals surface area contributed by atoms with Gasteiger partial charge in [0.05, 0.1) is 40.1 Å². The first-order chi connectivity index (χ1) is 25.3. The Labute approximate surface area is 316 Å². The lowest BCUT2D eigenvalue weighted by Gasteiger charge is -2.47. The van der Waals surface area contributed by atoms with Gasteiger partial charge >= 0.3 is 0 Å². The van der Waals surface area contributed by atoms with Crippen molar-refractivity contribution >= 4 is 81.5 Å². The zero-order valence-electron chi connectivity index (χ0n) is 30.5. The molecule has 1 saturated heterocycles. The molecule has 2 N–H and O–H groups in total. The summed E-state index contributed by atoms with van der Waals surface area (Å²) in [5.41, 5.74) is 6.52. The molecule has 4 aromatic rings. The SMILES string of the molecule is C=Nc1ccc(Nc2nc(Nc3cc4c(cc3OC)N(C3CCN(C5CC(F)(F)C5)CC3)CCc3c-4cnn3C)ncc2Br)c(P(C)(C)=O)c1/N=C\C. The van der Waals surface area contributed by atoms with Gasteiger partial charge in [-0.3, -0.25) is 19.6 Å². The fourth-order valence-electron chi connectivity index (χ4n) is 7.81. The number of methoxy groups -OCH3 is 1. The highest BCUT2D eigenvalue weighted by Crippen LogP contribution is 2.48. The summed E-state index contributed by atoms with van der Waals surface area (Å²) >= 11 is 3.58. The number of aryl methyl sites for hydroxylation is 1. The van der Waals surface area contributed by atoms with E-state index in [1.54, 1.807) is 51.9 Å². The molecule has 0 atom stereocenters. The number of likely N-dealkylation sites (tertiary alicyclic amines) is 1. The summed E-state index contributed by atoms with van der Waals surface area (Å²) in [5, 5.41) is 11.9. The van der Waals surface area contributed by atoms with E-state index in [2.05, 4.69) is 75.3 Å². The third-order valence-corrected chi connectivity index (χ3v) is 12.5. The number of piperidine rings is 1. The van der Waals surface area contributed by atoms with E-state index in [1.807, 2.05) is 17.9 Å². The van der Waals surface area contributed by atoms with Crippen molar-refractivity contribution in [1.82, 2.24) is 24.6 Å². The Bertz CT molecular complexity index is 2120. The van der Waals surface area contributed by atoms with E-state index in [4.69, 9.17) is 9.72 Å². The average molecular weight is 810 g/mol. The van der Waals surface area contributed by atoms with Crippen LogP contribution in [0.3, 0.4) is 0 Å². The minimum Gasteiger partial charge on any atom is -0.494 e. The number of aliphatic imine (C=N–C) groups is 2. The Morgan fingerprint density at radius 1 is 1.08 bits per heavy atom. The summed E-state index contributed by atoms with van der Waals surface area (Å²) < 4.78 is 49.4. The van der Waals surface area contributed by atoms with Crippen molar-refractivity contribution < 1.29 is 18.1 Å². The third kappa shape index (κ3) is 7.35. The predicted molar refractivity (Wildman–Crippen MR) is 214 cm³/mol. The van der Waals surface area contributed by atoms with E-state index in [-0.39, 0.29) is 24.9 Å². The number of aromatic nitrogens is 4. The molecule has 53 heavy (non-hydrogen) atoms. The lowest BCUT2D eigenvalue weighted by molar-refractivity contribution is -0.127. The fourth-order valence-corrected chi connectivity index (χ4v) is 9.50. The Balaban J connectivity index is 1.21. The number of alkyl halides is 2. The van der Waals surface area contributed by atoms with Crippen LogP contribution in [0.2, 0.25) is 0 Å². The highest BCUT2D eigenvalue weighted by Gasteiger charge is 2.48. The summed E-state index contributed by atoms with van der Waals surface area (Å²) in [7, 11) is 0.750. The lowest BCUT2D eigenvalue weighted by Crippen LogP contribution is -2.55. The van der Waals surface area contributed by atoms with E-state index in [1.165, 1.54) is 0 Å². The molecule has 0 unspecified atom stereocenters. The number of fused-ring (bicyclic) bond motifs is 3. The first kappa shape index (κ1) is 37.1. The highest BCUT2D eigenvalue weighted by atomic mass is 79.9. The standard InChI is InChI=1S/C37H44BrF2N10O2P/c1-7-42-33-27(41-2)8-9-28(34(33)53(5,6)51)45-35-26(38)21-43-36(47-35)46-29-16-24-25-20-44-48(3)30(25)12-15-50(31(24)17-32(29)52-4)22-10-13-49(14-11-22)23-18-37(39,40)19-23/h7-9,16-17,20-23H,2,10-15,18-19H2,1,3-6H3,(H2,43,45,46,47)/b42-7-. The van der Waals surface area contributed by atoms with Crippen LogP contribution in [-0.2, 0) is 18.0 Å². The first-order valence-electron chi connectivity index (χ1n) is 17.7. The molecule has 0 radical (unpaired) electrons. The minimum absolute atomic E-state index is 0.0205. The minimum atomic E-state index is -2.85. The largest absolute Gasteiger partial charge is 0.494 e. The maximum Gasteiger partial charge on any atom is 0.251 e. The molecule has 280 valence electrons. The van der Waals surface area contributed by atoms with Gasteiger partial charge in [-0.25, -0.2) is 13.8 Å². The van der Waals surface area contributed by atoms with Crippen molar-refractivity contribution in [3.05, 3.63) is 46.8 Å². The second-order valence-corrected chi connectivity index (χ2v) is 18.2. The van der Waals surface area contributed by atoms with Crippen molar-refractivity contribution in [2.75, 3.05) is 55.6 Å². The van der Waals surface area contributed by atoms with Crippen LogP contribution in [0.5, 0.6) is 5.75 Å². The summed E-state index contributed by atoms with van der Waals surface area (Å²) in [6.07, 6.45) is 7.73. The van der Waals surface area contributed by atoms with Gasteiger partial charge < -0.3 is 24.8 Å². The number of benzene rings is 2. The van der Waals surface area contributed by atoms with Crippen molar-refractivity contribution in [3.8, 4) is 16.9 Å². The third-order valence-electron chi connectivity index (χ3n) is 10.4. The summed E-state index contributed by atoms with van der Waals surface area (Å²) in [6, 6.07) is 7.95. The van der Waals surface area contributed by atoms with Gasteiger partial charge in [-0.2, -0.15) is 10.1 Å². The lowest BCUT2D eigenvalue weighted by atomic mass is 9.85. The van der Waals surface area contributed by atoms with Gasteiger partial charge in [-0.15, -0.1) is 0 Å². The van der Waals surface area contributed by atoms with E-state index in [0.717, 1.165) is 61.4 Å². The van der Waals surface area contributed by atoms with Gasteiger partial charge in [0.1, 0.15) is 24.4 Å². The highest BCUT2D eigenvalue weighted by molar-refractivity contribution is 9.10. The predicted octanol–water partition coefficient (Wildman–Crippen LogP) is 8.06. The van der Waals surface area contributed by atoms with Crippen LogP contribution in [-0.4, -0.2) is 95.7 Å². The van der Waals surface area contributed by atoms with Gasteiger partial charge in [0, 0.05) is 99.0 Å². The number of anilines is 5. The number of hydrogen-bond donors (Lipinski definition) is 2. The number of nitrogens with one attached hydrogen (secondary N) is 2. The van der Waals surface area contributed by atoms with Crippen molar-refractivity contribution in [2.45, 2.75) is 57.0 Å². The fraction of sp³-hybridized carbons (Fsp3) is 0.432. The molecule has 16 heteroatoms. The van der Waals surface area contributed by atoms with Crippen LogP contribution >= 0.6 is 23.1 Å². The summed E-state index contributed by atoms with van der Waals surface area (Å²) in [5.74, 6) is -1.13. The number of halogens is 3. The van der Waals surface area contributed by atoms with Gasteiger partial charge in [-0.1, -0.05) is 0 Å². The summed E-state index contributed by atoms with van der Waals surface area (Å²) in [4.78, 5) is 22.7.